The molecule has 0 bridgehead atoms. The second-order valence-corrected chi connectivity index (χ2v) is 5.79. The third-order valence-corrected chi connectivity index (χ3v) is 4.18. The number of hydrogen-bond acceptors (Lipinski definition) is 3. The van der Waals surface area contributed by atoms with Gasteiger partial charge in [-0.25, -0.2) is 4.98 Å². The lowest BCUT2D eigenvalue weighted by molar-refractivity contribution is 0.420. The summed E-state index contributed by atoms with van der Waals surface area (Å²) in [7, 11) is 1.68. The van der Waals surface area contributed by atoms with Crippen LogP contribution in [0.1, 0.15) is 0 Å². The molecule has 4 aromatic rings. The minimum atomic E-state index is 0.813. The Morgan fingerprint density at radius 1 is 0.720 bits per heavy atom. The zero-order valence-corrected chi connectivity index (χ0v) is 13.9. The van der Waals surface area contributed by atoms with Gasteiger partial charge in [-0.1, -0.05) is 48.5 Å². The first-order valence-corrected chi connectivity index (χ1v) is 8.20. The van der Waals surface area contributed by atoms with Crippen LogP contribution in [0.25, 0.3) is 22.0 Å². The number of pyridine rings is 1. The molecule has 3 aromatic carbocycles. The van der Waals surface area contributed by atoms with E-state index in [-0.39, 0.29) is 0 Å². The van der Waals surface area contributed by atoms with Crippen molar-refractivity contribution in [1.82, 2.24) is 4.98 Å². The van der Waals surface area contributed by atoms with Gasteiger partial charge >= 0.3 is 0 Å². The molecule has 0 saturated heterocycles. The summed E-state index contributed by atoms with van der Waals surface area (Å²) in [5.41, 5.74) is 4.33. The van der Waals surface area contributed by atoms with Gasteiger partial charge in [0.2, 0.25) is 0 Å². The zero-order valence-electron chi connectivity index (χ0n) is 13.9. The molecule has 0 aliphatic heterocycles. The Balaban J connectivity index is 1.59. The van der Waals surface area contributed by atoms with Crippen molar-refractivity contribution in [2.45, 2.75) is 0 Å². The maximum Gasteiger partial charge on any atom is 0.131 e. The van der Waals surface area contributed by atoms with E-state index in [1.807, 2.05) is 36.4 Å². The Kier molecular flexibility index (Phi) is 4.05. The standard InChI is InChI=1S/C22H18N2O/c1-25-21-9-5-8-20-19(21)14-15-22(24-20)23-18-12-10-17(11-13-18)16-6-3-2-4-7-16/h2-15H,1H3,(H,23,24). The smallest absolute Gasteiger partial charge is 0.131 e. The molecule has 3 heteroatoms. The number of methoxy groups -OCH3 is 1. The number of rotatable bonds is 4. The van der Waals surface area contributed by atoms with Gasteiger partial charge in [-0.2, -0.15) is 0 Å². The van der Waals surface area contributed by atoms with Gasteiger partial charge in [0.05, 0.1) is 12.6 Å². The van der Waals surface area contributed by atoms with E-state index < -0.39 is 0 Å². The van der Waals surface area contributed by atoms with Crippen LogP contribution in [0.3, 0.4) is 0 Å². The van der Waals surface area contributed by atoms with E-state index in [4.69, 9.17) is 4.74 Å². The van der Waals surface area contributed by atoms with Crippen LogP contribution in [0, 0.1) is 0 Å². The van der Waals surface area contributed by atoms with Crippen LogP contribution >= 0.6 is 0 Å². The normalized spacial score (nSPS) is 10.6. The van der Waals surface area contributed by atoms with Crippen molar-refractivity contribution in [1.29, 1.82) is 0 Å². The lowest BCUT2D eigenvalue weighted by atomic mass is 10.1. The van der Waals surface area contributed by atoms with Gasteiger partial charge in [-0.05, 0) is 47.5 Å². The zero-order chi connectivity index (χ0) is 17.1. The average molecular weight is 326 g/mol. The number of fused-ring (bicyclic) bond motifs is 1. The summed E-state index contributed by atoms with van der Waals surface area (Å²) in [6.45, 7) is 0. The Labute approximate surface area is 146 Å². The molecule has 0 atom stereocenters. The number of nitrogens with one attached hydrogen (secondary N) is 1. The predicted molar refractivity (Wildman–Crippen MR) is 103 cm³/mol. The van der Waals surface area contributed by atoms with Gasteiger partial charge in [-0.3, -0.25) is 0 Å². The number of ether oxygens (including phenoxy) is 1. The fourth-order valence-corrected chi connectivity index (χ4v) is 2.90. The molecular weight excluding hydrogens is 308 g/mol. The van der Waals surface area contributed by atoms with Crippen molar-refractivity contribution in [2.24, 2.45) is 0 Å². The first-order valence-electron chi connectivity index (χ1n) is 8.20. The van der Waals surface area contributed by atoms with Gasteiger partial charge < -0.3 is 10.1 Å². The fraction of sp³-hybridized carbons (Fsp3) is 0.0455. The summed E-state index contributed by atoms with van der Waals surface area (Å²) < 4.78 is 5.38. The summed E-state index contributed by atoms with van der Waals surface area (Å²) >= 11 is 0. The number of aromatic nitrogens is 1. The minimum Gasteiger partial charge on any atom is -0.496 e. The van der Waals surface area contributed by atoms with E-state index in [2.05, 4.69) is 58.8 Å². The summed E-state index contributed by atoms with van der Waals surface area (Å²) in [6, 6.07) is 28.6. The van der Waals surface area contributed by atoms with E-state index in [9.17, 15) is 0 Å². The van der Waals surface area contributed by atoms with Crippen LogP contribution in [0.2, 0.25) is 0 Å². The van der Waals surface area contributed by atoms with Crippen molar-refractivity contribution in [3.05, 3.63) is 84.9 Å². The van der Waals surface area contributed by atoms with Crippen molar-refractivity contribution in [3.8, 4) is 16.9 Å². The Bertz CT molecular complexity index is 995. The van der Waals surface area contributed by atoms with Crippen LogP contribution in [-0.2, 0) is 0 Å². The van der Waals surface area contributed by atoms with Crippen LogP contribution in [0.4, 0.5) is 11.5 Å². The Hall–Kier alpha value is -3.33. The molecule has 3 nitrogen and oxygen atoms in total. The molecule has 4 rings (SSSR count). The largest absolute Gasteiger partial charge is 0.496 e. The fourth-order valence-electron chi connectivity index (χ4n) is 2.90. The van der Waals surface area contributed by atoms with Gasteiger partial charge in [0.15, 0.2) is 0 Å². The summed E-state index contributed by atoms with van der Waals surface area (Å²) in [6.07, 6.45) is 0. The molecule has 0 radical (unpaired) electrons. The van der Waals surface area contributed by atoms with E-state index in [0.29, 0.717) is 0 Å². The van der Waals surface area contributed by atoms with Crippen LogP contribution in [-0.4, -0.2) is 12.1 Å². The van der Waals surface area contributed by atoms with Crippen LogP contribution < -0.4 is 10.1 Å². The summed E-state index contributed by atoms with van der Waals surface area (Å²) in [5, 5.41) is 4.37. The third-order valence-electron chi connectivity index (χ3n) is 4.18. The van der Waals surface area contributed by atoms with E-state index in [0.717, 1.165) is 28.2 Å². The highest BCUT2D eigenvalue weighted by Gasteiger charge is 2.04. The van der Waals surface area contributed by atoms with Crippen LogP contribution in [0.15, 0.2) is 84.9 Å². The monoisotopic (exact) mass is 326 g/mol. The molecule has 0 spiro atoms. The maximum absolute atomic E-state index is 5.38. The number of benzene rings is 3. The summed E-state index contributed by atoms with van der Waals surface area (Å²) in [4.78, 5) is 4.67. The van der Waals surface area contributed by atoms with Crippen molar-refractivity contribution in [2.75, 3.05) is 12.4 Å². The third kappa shape index (κ3) is 3.17. The van der Waals surface area contributed by atoms with Gasteiger partial charge in [-0.15, -0.1) is 0 Å². The van der Waals surface area contributed by atoms with Gasteiger partial charge in [0.25, 0.3) is 0 Å². The lowest BCUT2D eigenvalue weighted by Crippen LogP contribution is -1.94. The van der Waals surface area contributed by atoms with Crippen molar-refractivity contribution < 1.29 is 4.74 Å². The first-order chi connectivity index (χ1) is 12.3. The van der Waals surface area contributed by atoms with Gasteiger partial charge in [0, 0.05) is 11.1 Å². The summed E-state index contributed by atoms with van der Waals surface area (Å²) in [5.74, 6) is 1.65. The molecule has 25 heavy (non-hydrogen) atoms. The molecule has 122 valence electrons. The molecule has 0 unspecified atom stereocenters. The van der Waals surface area contributed by atoms with Crippen molar-refractivity contribution >= 4 is 22.4 Å². The van der Waals surface area contributed by atoms with E-state index in [1.54, 1.807) is 7.11 Å². The molecule has 1 N–H and O–H groups in total. The number of nitrogens with zero attached hydrogens (tertiary/aromatic N) is 1. The van der Waals surface area contributed by atoms with Crippen molar-refractivity contribution in [3.63, 3.8) is 0 Å². The molecule has 0 saturated carbocycles. The molecule has 1 heterocycles. The Morgan fingerprint density at radius 3 is 2.24 bits per heavy atom. The molecular formula is C22H18N2O. The first kappa shape index (κ1) is 15.2. The van der Waals surface area contributed by atoms with Crippen LogP contribution in [0.5, 0.6) is 5.75 Å². The van der Waals surface area contributed by atoms with E-state index in [1.165, 1.54) is 11.1 Å². The highest BCUT2D eigenvalue weighted by atomic mass is 16.5. The lowest BCUT2D eigenvalue weighted by Gasteiger charge is -2.09. The predicted octanol–water partition coefficient (Wildman–Crippen LogP) is 5.65. The topological polar surface area (TPSA) is 34.1 Å². The Morgan fingerprint density at radius 2 is 1.48 bits per heavy atom. The molecule has 0 aliphatic carbocycles. The minimum absolute atomic E-state index is 0.813. The molecule has 0 amide bonds. The highest BCUT2D eigenvalue weighted by Crippen LogP contribution is 2.27. The quantitative estimate of drug-likeness (QED) is 0.526. The van der Waals surface area contributed by atoms with E-state index >= 15 is 0 Å². The molecule has 0 aliphatic rings. The average Bonchev–Trinajstić information content (AvgIpc) is 2.68. The maximum atomic E-state index is 5.38. The number of anilines is 2. The second kappa shape index (κ2) is 6.65. The van der Waals surface area contributed by atoms with Gasteiger partial charge in [0.1, 0.15) is 11.6 Å². The highest BCUT2D eigenvalue weighted by molar-refractivity contribution is 5.86. The molecule has 0 fully saturated rings. The second-order valence-electron chi connectivity index (χ2n) is 5.79. The number of hydrogen-bond donors (Lipinski definition) is 1. The molecule has 1 aromatic heterocycles. The SMILES string of the molecule is COc1cccc2nc(Nc3ccc(-c4ccccc4)cc3)ccc12.